The second kappa shape index (κ2) is 5.54. The van der Waals surface area contributed by atoms with E-state index in [2.05, 4.69) is 47.4 Å². The Labute approximate surface area is 114 Å². The van der Waals surface area contributed by atoms with E-state index in [0.717, 1.165) is 38.9 Å². The molecule has 19 heavy (non-hydrogen) atoms. The van der Waals surface area contributed by atoms with Crippen LogP contribution in [0.2, 0.25) is 0 Å². The summed E-state index contributed by atoms with van der Waals surface area (Å²) in [7, 11) is 0. The fourth-order valence-electron chi connectivity index (χ4n) is 2.71. The molecular formula is C17H19NO. The Hall–Kier alpha value is -1.67. The van der Waals surface area contributed by atoms with E-state index >= 15 is 0 Å². The molecule has 2 heteroatoms. The number of hydrogen-bond acceptors (Lipinski definition) is 2. The third-order valence-electron chi connectivity index (χ3n) is 3.94. The fraction of sp³-hybridized carbons (Fsp3) is 0.353. The lowest BCUT2D eigenvalue weighted by molar-refractivity contribution is -0.121. The van der Waals surface area contributed by atoms with Crippen LogP contribution in [0.15, 0.2) is 42.5 Å². The molecular weight excluding hydrogens is 234 g/mol. The summed E-state index contributed by atoms with van der Waals surface area (Å²) >= 11 is 0. The van der Waals surface area contributed by atoms with E-state index in [0.29, 0.717) is 5.78 Å². The number of carbonyl (C=O) groups excluding carboxylic acids is 1. The molecule has 0 saturated carbocycles. The van der Waals surface area contributed by atoms with E-state index in [1.54, 1.807) is 0 Å². The van der Waals surface area contributed by atoms with Crippen molar-refractivity contribution >= 4 is 16.6 Å². The van der Waals surface area contributed by atoms with Gasteiger partial charge in [-0.2, -0.15) is 0 Å². The van der Waals surface area contributed by atoms with E-state index in [4.69, 9.17) is 0 Å². The smallest absolute Gasteiger partial charge is 0.135 e. The molecule has 98 valence electrons. The third-order valence-corrected chi connectivity index (χ3v) is 3.94. The summed E-state index contributed by atoms with van der Waals surface area (Å²) in [6.45, 7) is 2.93. The summed E-state index contributed by atoms with van der Waals surface area (Å²) in [5.41, 5.74) is 1.38. The molecule has 0 radical (unpaired) electrons. The summed E-state index contributed by atoms with van der Waals surface area (Å²) in [5.74, 6) is 0.418. The molecule has 0 unspecified atom stereocenters. The highest BCUT2D eigenvalue weighted by Crippen LogP contribution is 2.16. The van der Waals surface area contributed by atoms with Gasteiger partial charge >= 0.3 is 0 Å². The van der Waals surface area contributed by atoms with Gasteiger partial charge < -0.3 is 4.90 Å². The molecule has 1 fully saturated rings. The highest BCUT2D eigenvalue weighted by molar-refractivity contribution is 5.83. The van der Waals surface area contributed by atoms with Crippen LogP contribution >= 0.6 is 0 Å². The zero-order valence-corrected chi connectivity index (χ0v) is 11.1. The summed E-state index contributed by atoms with van der Waals surface area (Å²) in [4.78, 5) is 13.6. The number of nitrogens with zero attached hydrogens (tertiary/aromatic N) is 1. The van der Waals surface area contributed by atoms with Crippen LogP contribution in [0, 0.1) is 0 Å². The van der Waals surface area contributed by atoms with Gasteiger partial charge in [-0.05, 0) is 22.8 Å². The van der Waals surface area contributed by atoms with Crippen LogP contribution in [0.1, 0.15) is 18.4 Å². The number of carbonyl (C=O) groups is 1. The SMILES string of the molecule is O=C1CCN(CCc2ccc3ccccc3c2)CC1. The number of Topliss-reactive ketones (excluding diaryl/α,β-unsaturated/α-hetero) is 1. The van der Waals surface area contributed by atoms with Crippen LogP contribution in [-0.4, -0.2) is 30.3 Å². The molecule has 3 rings (SSSR count). The lowest BCUT2D eigenvalue weighted by atomic mass is 10.0. The number of benzene rings is 2. The van der Waals surface area contributed by atoms with E-state index < -0.39 is 0 Å². The fourth-order valence-corrected chi connectivity index (χ4v) is 2.71. The van der Waals surface area contributed by atoms with Gasteiger partial charge in [0.25, 0.3) is 0 Å². The molecule has 1 aliphatic heterocycles. The average Bonchev–Trinajstić information content (AvgIpc) is 2.46. The van der Waals surface area contributed by atoms with E-state index in [1.165, 1.54) is 16.3 Å². The molecule has 1 saturated heterocycles. The van der Waals surface area contributed by atoms with Crippen LogP contribution < -0.4 is 0 Å². The minimum atomic E-state index is 0.418. The molecule has 1 heterocycles. The molecule has 0 amide bonds. The monoisotopic (exact) mass is 253 g/mol. The van der Waals surface area contributed by atoms with Crippen molar-refractivity contribution in [1.82, 2.24) is 4.90 Å². The molecule has 0 aromatic heterocycles. The van der Waals surface area contributed by atoms with Crippen LogP contribution in [0.3, 0.4) is 0 Å². The van der Waals surface area contributed by atoms with Gasteiger partial charge in [-0.25, -0.2) is 0 Å². The molecule has 2 nitrogen and oxygen atoms in total. The quantitative estimate of drug-likeness (QED) is 0.838. The van der Waals surface area contributed by atoms with Crippen LogP contribution in [0.5, 0.6) is 0 Å². The first-order valence-corrected chi connectivity index (χ1v) is 7.03. The Morgan fingerprint density at radius 1 is 0.947 bits per heavy atom. The minimum Gasteiger partial charge on any atom is -0.302 e. The Bertz CT molecular complexity index is 581. The van der Waals surface area contributed by atoms with Crippen molar-refractivity contribution in [3.05, 3.63) is 48.0 Å². The van der Waals surface area contributed by atoms with Gasteiger partial charge in [0.2, 0.25) is 0 Å². The number of ketones is 1. The van der Waals surface area contributed by atoms with Crippen LogP contribution in [0.4, 0.5) is 0 Å². The largest absolute Gasteiger partial charge is 0.302 e. The minimum absolute atomic E-state index is 0.418. The molecule has 2 aromatic rings. The average molecular weight is 253 g/mol. The number of rotatable bonds is 3. The maximum atomic E-state index is 11.2. The molecule has 0 atom stereocenters. The van der Waals surface area contributed by atoms with Crippen LogP contribution in [-0.2, 0) is 11.2 Å². The lowest BCUT2D eigenvalue weighted by Crippen LogP contribution is -2.35. The second-order valence-electron chi connectivity index (χ2n) is 5.31. The number of likely N-dealkylation sites (tertiary alicyclic amines) is 1. The Morgan fingerprint density at radius 2 is 1.68 bits per heavy atom. The first-order chi connectivity index (χ1) is 9.31. The molecule has 2 aromatic carbocycles. The van der Waals surface area contributed by atoms with Gasteiger partial charge in [0.05, 0.1) is 0 Å². The molecule has 0 N–H and O–H groups in total. The van der Waals surface area contributed by atoms with E-state index in [-0.39, 0.29) is 0 Å². The second-order valence-corrected chi connectivity index (χ2v) is 5.31. The zero-order chi connectivity index (χ0) is 13.1. The Morgan fingerprint density at radius 3 is 2.47 bits per heavy atom. The highest BCUT2D eigenvalue weighted by Gasteiger charge is 2.15. The number of fused-ring (bicyclic) bond motifs is 1. The van der Waals surface area contributed by atoms with Gasteiger partial charge in [0.15, 0.2) is 0 Å². The van der Waals surface area contributed by atoms with Crippen molar-refractivity contribution < 1.29 is 4.79 Å². The molecule has 0 bridgehead atoms. The summed E-state index contributed by atoms with van der Waals surface area (Å²) in [6, 6.07) is 15.2. The topological polar surface area (TPSA) is 20.3 Å². The van der Waals surface area contributed by atoms with Gasteiger partial charge in [-0.1, -0.05) is 42.5 Å². The van der Waals surface area contributed by atoms with Gasteiger partial charge in [-0.3, -0.25) is 4.79 Å². The van der Waals surface area contributed by atoms with Crippen molar-refractivity contribution in [3.8, 4) is 0 Å². The van der Waals surface area contributed by atoms with Gasteiger partial charge in [0, 0.05) is 32.5 Å². The maximum absolute atomic E-state index is 11.2. The predicted octanol–water partition coefficient (Wildman–Crippen LogP) is 3.05. The third kappa shape index (κ3) is 3.02. The van der Waals surface area contributed by atoms with E-state index in [1.807, 2.05) is 0 Å². The first-order valence-electron chi connectivity index (χ1n) is 7.03. The van der Waals surface area contributed by atoms with Crippen molar-refractivity contribution in [2.24, 2.45) is 0 Å². The highest BCUT2D eigenvalue weighted by atomic mass is 16.1. The summed E-state index contributed by atoms with van der Waals surface area (Å²) in [6.07, 6.45) is 2.54. The molecule has 0 spiro atoms. The molecule has 0 aliphatic carbocycles. The predicted molar refractivity (Wildman–Crippen MR) is 78.3 cm³/mol. The first kappa shape index (κ1) is 12.4. The Balaban J connectivity index is 1.63. The molecule has 1 aliphatic rings. The van der Waals surface area contributed by atoms with Crippen molar-refractivity contribution in [2.45, 2.75) is 19.3 Å². The standard InChI is InChI=1S/C17H19NO/c19-17-8-11-18(12-9-17)10-7-14-5-6-15-3-1-2-4-16(15)13-14/h1-6,13H,7-12H2. The van der Waals surface area contributed by atoms with Gasteiger partial charge in [0.1, 0.15) is 5.78 Å². The summed E-state index contributed by atoms with van der Waals surface area (Å²) < 4.78 is 0. The normalized spacial score (nSPS) is 16.9. The van der Waals surface area contributed by atoms with Crippen molar-refractivity contribution in [1.29, 1.82) is 0 Å². The number of hydrogen-bond donors (Lipinski definition) is 0. The maximum Gasteiger partial charge on any atom is 0.135 e. The van der Waals surface area contributed by atoms with Gasteiger partial charge in [-0.15, -0.1) is 0 Å². The summed E-state index contributed by atoms with van der Waals surface area (Å²) in [5, 5.41) is 2.61. The van der Waals surface area contributed by atoms with Crippen LogP contribution in [0.25, 0.3) is 10.8 Å². The Kier molecular flexibility index (Phi) is 3.60. The van der Waals surface area contributed by atoms with E-state index in [9.17, 15) is 4.79 Å². The number of piperidine rings is 1. The zero-order valence-electron chi connectivity index (χ0n) is 11.1. The van der Waals surface area contributed by atoms with Crippen molar-refractivity contribution in [2.75, 3.05) is 19.6 Å². The van der Waals surface area contributed by atoms with Crippen molar-refractivity contribution in [3.63, 3.8) is 0 Å². The lowest BCUT2D eigenvalue weighted by Gasteiger charge is -2.25.